The van der Waals surface area contributed by atoms with E-state index >= 15 is 0 Å². The minimum atomic E-state index is -0.468. The van der Waals surface area contributed by atoms with Crippen molar-refractivity contribution in [1.29, 1.82) is 0 Å². The highest BCUT2D eigenvalue weighted by Crippen LogP contribution is 2.27. The van der Waals surface area contributed by atoms with Gasteiger partial charge in [-0.05, 0) is 52.2 Å². The molecule has 2 aromatic rings. The number of aromatic nitrogens is 3. The maximum atomic E-state index is 12.3. The largest absolute Gasteiger partial charge is 0.444 e. The second kappa shape index (κ2) is 5.83. The molecule has 0 bridgehead atoms. The summed E-state index contributed by atoms with van der Waals surface area (Å²) in [4.78, 5) is 26.4. The Morgan fingerprint density at radius 1 is 1.43 bits per heavy atom. The Kier molecular flexibility index (Phi) is 4.00. The van der Waals surface area contributed by atoms with Crippen LogP contribution in [-0.4, -0.2) is 44.6 Å². The van der Waals surface area contributed by atoms with Crippen molar-refractivity contribution in [2.45, 2.75) is 52.1 Å². The molecule has 1 aliphatic rings. The third kappa shape index (κ3) is 3.46. The molecule has 1 unspecified atom stereocenters. The van der Waals surface area contributed by atoms with Crippen LogP contribution in [0.5, 0.6) is 0 Å². The van der Waals surface area contributed by atoms with Crippen LogP contribution in [0.2, 0.25) is 0 Å². The Morgan fingerprint density at radius 3 is 2.91 bits per heavy atom. The van der Waals surface area contributed by atoms with E-state index in [0.717, 1.165) is 41.9 Å². The maximum absolute atomic E-state index is 12.3. The second-order valence-electron chi connectivity index (χ2n) is 7.21. The molecule has 3 rings (SSSR count). The normalized spacial score (nSPS) is 19.1. The quantitative estimate of drug-likeness (QED) is 0.875. The molecule has 1 aliphatic heterocycles. The van der Waals surface area contributed by atoms with Gasteiger partial charge in [0.15, 0.2) is 5.65 Å². The van der Waals surface area contributed by atoms with E-state index < -0.39 is 5.60 Å². The number of H-pyrrole nitrogens is 1. The molecule has 1 saturated heterocycles. The predicted molar refractivity (Wildman–Crippen MR) is 88.4 cm³/mol. The zero-order valence-electron chi connectivity index (χ0n) is 14.2. The van der Waals surface area contributed by atoms with Gasteiger partial charge in [-0.15, -0.1) is 0 Å². The molecule has 1 N–H and O–H groups in total. The predicted octanol–water partition coefficient (Wildman–Crippen LogP) is 3.38. The van der Waals surface area contributed by atoms with E-state index in [-0.39, 0.29) is 12.0 Å². The van der Waals surface area contributed by atoms with Gasteiger partial charge in [0, 0.05) is 25.2 Å². The summed E-state index contributed by atoms with van der Waals surface area (Å²) in [5, 5.41) is 0. The van der Waals surface area contributed by atoms with Gasteiger partial charge >= 0.3 is 6.09 Å². The lowest BCUT2D eigenvalue weighted by Crippen LogP contribution is -2.42. The van der Waals surface area contributed by atoms with Gasteiger partial charge in [0.05, 0.1) is 5.52 Å². The standard InChI is InChI=1S/C17H24N4O2/c1-11-7-8-18-15-13(11)19-14(20-15)12-6-5-9-21(10-12)16(22)23-17(2,3)4/h7-8,12H,5-6,9-10H2,1-4H3,(H,18,19,20). The van der Waals surface area contributed by atoms with Gasteiger partial charge in [0.25, 0.3) is 0 Å². The molecule has 0 radical (unpaired) electrons. The molecule has 0 aromatic carbocycles. The van der Waals surface area contributed by atoms with Crippen LogP contribution < -0.4 is 0 Å². The molecule has 124 valence electrons. The Morgan fingerprint density at radius 2 is 2.22 bits per heavy atom. The summed E-state index contributed by atoms with van der Waals surface area (Å²) in [6, 6.07) is 1.97. The van der Waals surface area contributed by atoms with E-state index in [4.69, 9.17) is 4.74 Å². The topological polar surface area (TPSA) is 71.1 Å². The highest BCUT2D eigenvalue weighted by atomic mass is 16.6. The molecular formula is C17H24N4O2. The zero-order chi connectivity index (χ0) is 16.6. The number of carbonyl (C=O) groups excluding carboxylic acids is 1. The summed E-state index contributed by atoms with van der Waals surface area (Å²) in [7, 11) is 0. The van der Waals surface area contributed by atoms with Crippen molar-refractivity contribution in [3.8, 4) is 0 Å². The number of imidazole rings is 1. The van der Waals surface area contributed by atoms with E-state index in [9.17, 15) is 4.79 Å². The van der Waals surface area contributed by atoms with Gasteiger partial charge in [-0.2, -0.15) is 0 Å². The minimum Gasteiger partial charge on any atom is -0.444 e. The number of piperidine rings is 1. The third-order valence-electron chi connectivity index (χ3n) is 4.08. The number of hydrogen-bond donors (Lipinski definition) is 1. The van der Waals surface area contributed by atoms with Crippen LogP contribution in [0.1, 0.15) is 50.9 Å². The fourth-order valence-corrected chi connectivity index (χ4v) is 2.94. The van der Waals surface area contributed by atoms with Gasteiger partial charge < -0.3 is 14.6 Å². The molecule has 3 heterocycles. The van der Waals surface area contributed by atoms with Gasteiger partial charge in [0.1, 0.15) is 11.4 Å². The maximum Gasteiger partial charge on any atom is 0.410 e. The summed E-state index contributed by atoms with van der Waals surface area (Å²) >= 11 is 0. The number of rotatable bonds is 1. The van der Waals surface area contributed by atoms with Gasteiger partial charge in [0.2, 0.25) is 0 Å². The van der Waals surface area contributed by atoms with E-state index in [2.05, 4.69) is 15.0 Å². The molecule has 1 atom stereocenters. The van der Waals surface area contributed by atoms with Crippen molar-refractivity contribution in [1.82, 2.24) is 19.9 Å². The highest BCUT2D eigenvalue weighted by molar-refractivity contribution is 5.74. The van der Waals surface area contributed by atoms with E-state index in [1.54, 1.807) is 11.1 Å². The van der Waals surface area contributed by atoms with E-state index in [0.29, 0.717) is 6.54 Å². The van der Waals surface area contributed by atoms with Crippen LogP contribution in [0.4, 0.5) is 4.79 Å². The van der Waals surface area contributed by atoms with Crippen molar-refractivity contribution in [3.63, 3.8) is 0 Å². The molecule has 0 aliphatic carbocycles. The molecule has 1 amide bonds. The Labute approximate surface area is 136 Å². The number of hydrogen-bond acceptors (Lipinski definition) is 4. The van der Waals surface area contributed by atoms with E-state index in [1.807, 2.05) is 33.8 Å². The number of ether oxygens (including phenoxy) is 1. The van der Waals surface area contributed by atoms with Crippen LogP contribution in [-0.2, 0) is 4.74 Å². The smallest absolute Gasteiger partial charge is 0.410 e. The van der Waals surface area contributed by atoms with Gasteiger partial charge in [-0.3, -0.25) is 0 Å². The summed E-state index contributed by atoms with van der Waals surface area (Å²) in [6.07, 6.45) is 3.49. The average Bonchev–Trinajstić information content (AvgIpc) is 2.91. The first-order valence-corrected chi connectivity index (χ1v) is 8.12. The number of nitrogens with zero attached hydrogens (tertiary/aromatic N) is 3. The summed E-state index contributed by atoms with van der Waals surface area (Å²) < 4.78 is 5.48. The molecule has 0 spiro atoms. The number of amides is 1. The molecule has 2 aromatic heterocycles. The first kappa shape index (κ1) is 15.8. The second-order valence-corrected chi connectivity index (χ2v) is 7.21. The Bertz CT molecular complexity index is 717. The monoisotopic (exact) mass is 316 g/mol. The first-order valence-electron chi connectivity index (χ1n) is 8.12. The SMILES string of the molecule is Cc1ccnc2nc(C3CCCN(C(=O)OC(C)(C)C)C3)[nH]c12. The number of likely N-dealkylation sites (tertiary alicyclic amines) is 1. The zero-order valence-corrected chi connectivity index (χ0v) is 14.2. The summed E-state index contributed by atoms with van der Waals surface area (Å²) in [5.74, 6) is 1.11. The van der Waals surface area contributed by atoms with Crippen molar-refractivity contribution >= 4 is 17.3 Å². The molecule has 6 nitrogen and oxygen atoms in total. The number of aromatic amines is 1. The molecule has 1 fully saturated rings. The Hall–Kier alpha value is -2.11. The number of pyridine rings is 1. The minimum absolute atomic E-state index is 0.199. The third-order valence-corrected chi connectivity index (χ3v) is 4.08. The number of fused-ring (bicyclic) bond motifs is 1. The van der Waals surface area contributed by atoms with Crippen LogP contribution in [0.3, 0.4) is 0 Å². The lowest BCUT2D eigenvalue weighted by atomic mass is 9.98. The highest BCUT2D eigenvalue weighted by Gasteiger charge is 2.29. The van der Waals surface area contributed by atoms with Crippen molar-refractivity contribution in [2.75, 3.05) is 13.1 Å². The fourth-order valence-electron chi connectivity index (χ4n) is 2.94. The molecule has 23 heavy (non-hydrogen) atoms. The lowest BCUT2D eigenvalue weighted by molar-refractivity contribution is 0.0196. The van der Waals surface area contributed by atoms with Crippen molar-refractivity contribution in [3.05, 3.63) is 23.7 Å². The van der Waals surface area contributed by atoms with Crippen LogP contribution >= 0.6 is 0 Å². The van der Waals surface area contributed by atoms with Crippen molar-refractivity contribution in [2.24, 2.45) is 0 Å². The number of aryl methyl sites for hydroxylation is 1. The van der Waals surface area contributed by atoms with Crippen molar-refractivity contribution < 1.29 is 9.53 Å². The summed E-state index contributed by atoms with van der Waals surface area (Å²) in [6.45, 7) is 9.08. The average molecular weight is 316 g/mol. The number of nitrogens with one attached hydrogen (secondary N) is 1. The fraction of sp³-hybridized carbons (Fsp3) is 0.588. The Balaban J connectivity index is 1.77. The first-order chi connectivity index (χ1) is 10.8. The van der Waals surface area contributed by atoms with Crippen LogP contribution in [0.25, 0.3) is 11.2 Å². The van der Waals surface area contributed by atoms with Crippen LogP contribution in [0, 0.1) is 6.92 Å². The number of carbonyl (C=O) groups is 1. The van der Waals surface area contributed by atoms with E-state index in [1.165, 1.54) is 0 Å². The lowest BCUT2D eigenvalue weighted by Gasteiger charge is -2.33. The molecule has 6 heteroatoms. The van der Waals surface area contributed by atoms with Crippen LogP contribution in [0.15, 0.2) is 12.3 Å². The van der Waals surface area contributed by atoms with Gasteiger partial charge in [-0.25, -0.2) is 14.8 Å². The summed E-state index contributed by atoms with van der Waals surface area (Å²) in [5.41, 5.74) is 2.39. The molecular weight excluding hydrogens is 292 g/mol. The molecule has 0 saturated carbocycles. The van der Waals surface area contributed by atoms with Gasteiger partial charge in [-0.1, -0.05) is 0 Å².